The number of rotatable bonds is 2. The van der Waals surface area contributed by atoms with Crippen LogP contribution in [0.4, 0.5) is 10.5 Å². The lowest BCUT2D eigenvalue weighted by atomic mass is 10.1. The van der Waals surface area contributed by atoms with Crippen molar-refractivity contribution in [1.29, 1.82) is 5.26 Å². The third kappa shape index (κ3) is 2.79. The first-order valence-electron chi connectivity index (χ1n) is 4.07. The van der Waals surface area contributed by atoms with Gasteiger partial charge in [0.25, 0.3) is 0 Å². The molecule has 0 saturated heterocycles. The molecule has 4 nitrogen and oxygen atoms in total. The second-order valence-corrected chi connectivity index (χ2v) is 2.65. The SMILES string of the molecule is COC(=O)Nc1ccc(CC#N)cc1. The number of ether oxygens (including phenoxy) is 1. The van der Waals surface area contributed by atoms with Crippen LogP contribution >= 0.6 is 0 Å². The first-order chi connectivity index (χ1) is 6.76. The maximum absolute atomic E-state index is 10.8. The highest BCUT2D eigenvalue weighted by atomic mass is 16.5. The fraction of sp³-hybridized carbons (Fsp3) is 0.200. The Morgan fingerprint density at radius 3 is 2.64 bits per heavy atom. The minimum Gasteiger partial charge on any atom is -0.453 e. The van der Waals surface area contributed by atoms with E-state index >= 15 is 0 Å². The quantitative estimate of drug-likeness (QED) is 0.775. The Labute approximate surface area is 82.1 Å². The van der Waals surface area contributed by atoms with Gasteiger partial charge in [-0.1, -0.05) is 12.1 Å². The number of carbonyl (C=O) groups is 1. The van der Waals surface area contributed by atoms with Crippen molar-refractivity contribution in [3.63, 3.8) is 0 Å². The van der Waals surface area contributed by atoms with Crippen molar-refractivity contribution < 1.29 is 9.53 Å². The topological polar surface area (TPSA) is 62.1 Å². The smallest absolute Gasteiger partial charge is 0.411 e. The van der Waals surface area contributed by atoms with Gasteiger partial charge in [0.1, 0.15) is 0 Å². The zero-order chi connectivity index (χ0) is 10.4. The van der Waals surface area contributed by atoms with Crippen molar-refractivity contribution in [3.05, 3.63) is 29.8 Å². The summed E-state index contributed by atoms with van der Waals surface area (Å²) in [5.41, 5.74) is 1.57. The van der Waals surface area contributed by atoms with Gasteiger partial charge in [-0.05, 0) is 17.7 Å². The lowest BCUT2D eigenvalue weighted by Crippen LogP contribution is -2.10. The number of carbonyl (C=O) groups excluding carboxylic acids is 1. The number of hydrogen-bond acceptors (Lipinski definition) is 3. The monoisotopic (exact) mass is 190 g/mol. The number of nitriles is 1. The number of nitrogens with zero attached hydrogens (tertiary/aromatic N) is 1. The van der Waals surface area contributed by atoms with Gasteiger partial charge in [-0.25, -0.2) is 4.79 Å². The molecule has 0 aliphatic carbocycles. The highest BCUT2D eigenvalue weighted by molar-refractivity contribution is 5.84. The number of hydrogen-bond donors (Lipinski definition) is 1. The fourth-order valence-corrected chi connectivity index (χ4v) is 0.966. The molecule has 0 heterocycles. The Balaban J connectivity index is 2.65. The molecule has 0 spiro atoms. The van der Waals surface area contributed by atoms with Crippen LogP contribution in [0.15, 0.2) is 24.3 Å². The molecule has 0 aliphatic rings. The molecule has 0 atom stereocenters. The minimum absolute atomic E-state index is 0.374. The van der Waals surface area contributed by atoms with E-state index in [0.29, 0.717) is 12.1 Å². The molecule has 1 aromatic rings. The zero-order valence-corrected chi connectivity index (χ0v) is 7.78. The summed E-state index contributed by atoms with van der Waals surface area (Å²) in [4.78, 5) is 10.8. The second kappa shape index (κ2) is 4.87. The standard InChI is InChI=1S/C10H10N2O2/c1-14-10(13)12-9-4-2-8(3-5-9)6-7-11/h2-5H,6H2,1H3,(H,12,13). The average Bonchev–Trinajstić information content (AvgIpc) is 2.21. The Morgan fingerprint density at radius 1 is 1.50 bits per heavy atom. The van der Waals surface area contributed by atoms with E-state index in [2.05, 4.69) is 10.1 Å². The van der Waals surface area contributed by atoms with E-state index in [1.165, 1.54) is 7.11 Å². The Hall–Kier alpha value is -2.02. The van der Waals surface area contributed by atoms with Gasteiger partial charge in [-0.15, -0.1) is 0 Å². The van der Waals surface area contributed by atoms with Crippen molar-refractivity contribution >= 4 is 11.8 Å². The van der Waals surface area contributed by atoms with Crippen LogP contribution in [0.2, 0.25) is 0 Å². The molecule has 0 fully saturated rings. The van der Waals surface area contributed by atoms with E-state index in [1.54, 1.807) is 24.3 Å². The van der Waals surface area contributed by atoms with E-state index in [9.17, 15) is 4.79 Å². The number of methoxy groups -OCH3 is 1. The third-order valence-electron chi connectivity index (χ3n) is 1.67. The molecule has 0 bridgehead atoms. The average molecular weight is 190 g/mol. The molecule has 1 N–H and O–H groups in total. The first kappa shape index (κ1) is 10.1. The number of benzene rings is 1. The summed E-state index contributed by atoms with van der Waals surface area (Å²) in [6.45, 7) is 0. The summed E-state index contributed by atoms with van der Waals surface area (Å²) in [5, 5.41) is 10.9. The molecule has 1 amide bonds. The van der Waals surface area contributed by atoms with Crippen LogP contribution in [0.5, 0.6) is 0 Å². The van der Waals surface area contributed by atoms with Crippen LogP contribution < -0.4 is 5.32 Å². The number of amides is 1. The van der Waals surface area contributed by atoms with Gasteiger partial charge >= 0.3 is 6.09 Å². The van der Waals surface area contributed by atoms with Gasteiger partial charge in [0.2, 0.25) is 0 Å². The van der Waals surface area contributed by atoms with Crippen molar-refractivity contribution in [2.45, 2.75) is 6.42 Å². The molecule has 0 aromatic heterocycles. The van der Waals surface area contributed by atoms with Crippen molar-refractivity contribution in [2.24, 2.45) is 0 Å². The summed E-state index contributed by atoms with van der Waals surface area (Å²) >= 11 is 0. The van der Waals surface area contributed by atoms with E-state index in [-0.39, 0.29) is 0 Å². The van der Waals surface area contributed by atoms with E-state index in [1.807, 2.05) is 6.07 Å². The molecular formula is C10H10N2O2. The van der Waals surface area contributed by atoms with E-state index in [0.717, 1.165) is 5.56 Å². The van der Waals surface area contributed by atoms with Crippen molar-refractivity contribution in [1.82, 2.24) is 0 Å². The van der Waals surface area contributed by atoms with Gasteiger partial charge in [0, 0.05) is 5.69 Å². The Bertz CT molecular complexity index is 351. The normalized spacial score (nSPS) is 8.86. The molecule has 0 radical (unpaired) electrons. The fourth-order valence-electron chi connectivity index (χ4n) is 0.966. The highest BCUT2D eigenvalue weighted by Gasteiger charge is 1.99. The lowest BCUT2D eigenvalue weighted by Gasteiger charge is -2.03. The van der Waals surface area contributed by atoms with E-state index < -0.39 is 6.09 Å². The van der Waals surface area contributed by atoms with Crippen LogP contribution in [0.3, 0.4) is 0 Å². The molecule has 14 heavy (non-hydrogen) atoms. The molecule has 0 unspecified atom stereocenters. The number of nitrogens with one attached hydrogen (secondary N) is 1. The summed E-state index contributed by atoms with van der Waals surface area (Å²) in [5.74, 6) is 0. The Kier molecular flexibility index (Phi) is 3.50. The predicted octanol–water partition coefficient (Wildman–Crippen LogP) is 1.93. The number of anilines is 1. The summed E-state index contributed by atoms with van der Waals surface area (Å²) < 4.78 is 4.43. The van der Waals surface area contributed by atoms with Crippen LogP contribution in [0.25, 0.3) is 0 Å². The van der Waals surface area contributed by atoms with Gasteiger partial charge in [0.15, 0.2) is 0 Å². The molecule has 0 aliphatic heterocycles. The van der Waals surface area contributed by atoms with E-state index in [4.69, 9.17) is 5.26 Å². The van der Waals surface area contributed by atoms with Crippen LogP contribution in [0, 0.1) is 11.3 Å². The molecule has 4 heteroatoms. The predicted molar refractivity (Wildman–Crippen MR) is 51.8 cm³/mol. The maximum Gasteiger partial charge on any atom is 0.411 e. The summed E-state index contributed by atoms with van der Waals surface area (Å²) in [6, 6.07) is 9.07. The van der Waals surface area contributed by atoms with Gasteiger partial charge in [0.05, 0.1) is 19.6 Å². The summed E-state index contributed by atoms with van der Waals surface area (Å²) in [7, 11) is 1.30. The van der Waals surface area contributed by atoms with Crippen molar-refractivity contribution in [2.75, 3.05) is 12.4 Å². The Morgan fingerprint density at radius 2 is 2.14 bits per heavy atom. The molecule has 1 aromatic carbocycles. The lowest BCUT2D eigenvalue weighted by molar-refractivity contribution is 0.187. The highest BCUT2D eigenvalue weighted by Crippen LogP contribution is 2.09. The maximum atomic E-state index is 10.8. The third-order valence-corrected chi connectivity index (χ3v) is 1.67. The zero-order valence-electron chi connectivity index (χ0n) is 7.78. The molecular weight excluding hydrogens is 180 g/mol. The van der Waals surface area contributed by atoms with Crippen LogP contribution in [-0.2, 0) is 11.2 Å². The molecule has 72 valence electrons. The van der Waals surface area contributed by atoms with Gasteiger partial charge < -0.3 is 4.74 Å². The second-order valence-electron chi connectivity index (χ2n) is 2.65. The first-order valence-corrected chi connectivity index (χ1v) is 4.07. The van der Waals surface area contributed by atoms with Gasteiger partial charge in [-0.2, -0.15) is 5.26 Å². The van der Waals surface area contributed by atoms with Crippen LogP contribution in [0.1, 0.15) is 5.56 Å². The summed E-state index contributed by atoms with van der Waals surface area (Å²) in [6.07, 6.45) is -0.128. The largest absolute Gasteiger partial charge is 0.453 e. The van der Waals surface area contributed by atoms with Crippen LogP contribution in [-0.4, -0.2) is 13.2 Å². The van der Waals surface area contributed by atoms with Crippen molar-refractivity contribution in [3.8, 4) is 6.07 Å². The van der Waals surface area contributed by atoms with Gasteiger partial charge in [-0.3, -0.25) is 5.32 Å². The molecule has 0 saturated carbocycles. The minimum atomic E-state index is -0.502. The molecule has 1 rings (SSSR count).